The first kappa shape index (κ1) is 37.3. The number of benzene rings is 2. The van der Waals surface area contributed by atoms with E-state index in [1.54, 1.807) is 38.9 Å². The van der Waals surface area contributed by atoms with E-state index in [-0.39, 0.29) is 42.0 Å². The zero-order valence-corrected chi connectivity index (χ0v) is 28.0. The Morgan fingerprint density at radius 1 is 1.06 bits per heavy atom. The predicted octanol–water partition coefficient (Wildman–Crippen LogP) is 6.63. The summed E-state index contributed by atoms with van der Waals surface area (Å²) in [6.07, 6.45) is -4.41. The molecule has 0 saturated carbocycles. The maximum Gasteiger partial charge on any atom is 0.416 e. The Morgan fingerprint density at radius 3 is 2.28 bits per heavy atom. The number of amides is 1. The van der Waals surface area contributed by atoms with Crippen molar-refractivity contribution in [1.82, 2.24) is 14.8 Å². The second-order valence-electron chi connectivity index (χ2n) is 12.6. The smallest absolute Gasteiger partial charge is 0.416 e. The number of halogens is 4. The summed E-state index contributed by atoms with van der Waals surface area (Å²) < 4.78 is 64.0. The van der Waals surface area contributed by atoms with E-state index in [4.69, 9.17) is 4.74 Å². The van der Waals surface area contributed by atoms with Crippen molar-refractivity contribution in [2.75, 3.05) is 27.7 Å². The van der Waals surface area contributed by atoms with Gasteiger partial charge in [-0.05, 0) is 105 Å². The van der Waals surface area contributed by atoms with E-state index < -0.39 is 53.5 Å². The number of likely N-dealkylation sites (N-methyl/N-ethyl adjacent to an activating group) is 1. The number of pyridine rings is 1. The molecular weight excluding hydrogens is 618 g/mol. The van der Waals surface area contributed by atoms with E-state index in [1.807, 2.05) is 26.0 Å². The minimum atomic E-state index is -4.79. The molecular formula is C35H43F4N3O5. The van der Waals surface area contributed by atoms with Crippen molar-refractivity contribution in [3.05, 3.63) is 86.1 Å². The second kappa shape index (κ2) is 15.1. The average molecular weight is 662 g/mol. The van der Waals surface area contributed by atoms with Crippen LogP contribution in [0.3, 0.4) is 0 Å². The molecule has 0 radical (unpaired) electrons. The average Bonchev–Trinajstić information content (AvgIpc) is 2.95. The van der Waals surface area contributed by atoms with Gasteiger partial charge in [-0.3, -0.25) is 14.4 Å². The maximum atomic E-state index is 15.8. The van der Waals surface area contributed by atoms with E-state index in [9.17, 15) is 32.7 Å². The zero-order valence-electron chi connectivity index (χ0n) is 28.0. The van der Waals surface area contributed by atoms with E-state index in [0.717, 1.165) is 27.5 Å². The van der Waals surface area contributed by atoms with Crippen molar-refractivity contribution < 1.29 is 37.0 Å². The van der Waals surface area contributed by atoms with Gasteiger partial charge in [-0.25, -0.2) is 4.39 Å². The first-order valence-electron chi connectivity index (χ1n) is 15.3. The van der Waals surface area contributed by atoms with Crippen molar-refractivity contribution in [3.8, 4) is 16.9 Å². The molecule has 3 rings (SSSR count). The summed E-state index contributed by atoms with van der Waals surface area (Å²) in [6.45, 7) is 9.07. The molecule has 47 heavy (non-hydrogen) atoms. The summed E-state index contributed by atoms with van der Waals surface area (Å²) in [5.74, 6) is -2.43. The number of carbonyl (C=O) groups excluding carboxylic acids is 1. The van der Waals surface area contributed by atoms with E-state index in [1.165, 1.54) is 20.1 Å². The SMILES string of the molecule is COc1ccc(C)c(-c2cc(C)c(F)c([C@H](CC(=O)O)NC(=O)C(CC(C)C)n3cc(CCN(C)C)c(C(F)(F)F)cc3=O)c2)c1C. The van der Waals surface area contributed by atoms with Gasteiger partial charge in [-0.1, -0.05) is 19.9 Å². The van der Waals surface area contributed by atoms with Gasteiger partial charge in [0.05, 0.1) is 25.1 Å². The highest BCUT2D eigenvalue weighted by atomic mass is 19.4. The van der Waals surface area contributed by atoms with Crippen LogP contribution in [0.4, 0.5) is 17.6 Å². The number of hydrogen-bond donors (Lipinski definition) is 2. The fourth-order valence-electron chi connectivity index (χ4n) is 5.81. The van der Waals surface area contributed by atoms with Crippen molar-refractivity contribution in [3.63, 3.8) is 0 Å². The summed E-state index contributed by atoms with van der Waals surface area (Å²) in [6, 6.07) is 4.61. The maximum absolute atomic E-state index is 15.8. The Balaban J connectivity index is 2.16. The summed E-state index contributed by atoms with van der Waals surface area (Å²) in [4.78, 5) is 40.9. The third-order valence-corrected chi connectivity index (χ3v) is 8.12. The topological polar surface area (TPSA) is 101 Å². The highest BCUT2D eigenvalue weighted by Crippen LogP contribution is 2.37. The van der Waals surface area contributed by atoms with Crippen LogP contribution in [0.1, 0.15) is 72.2 Å². The standard InChI is InChI=1S/C35H43F4N3O5/c1-19(2)13-28(42-18-23(11-12-41(6)7)26(16-30(42)43)35(37,38)39)34(46)40-27(17-31(44)45)25-15-24(14-21(4)33(25)36)32-20(3)9-10-29(47-8)22(32)5/h9-10,14-16,18-19,27-28H,11-13,17H2,1-8H3,(H,40,46)(H,44,45)/t27-,28?/m0/s1. The fraction of sp³-hybridized carbons (Fsp3) is 0.457. The highest BCUT2D eigenvalue weighted by Gasteiger charge is 2.36. The van der Waals surface area contributed by atoms with Crippen molar-refractivity contribution >= 4 is 11.9 Å². The molecule has 0 fully saturated rings. The van der Waals surface area contributed by atoms with Crippen molar-refractivity contribution in [2.45, 2.75) is 72.1 Å². The molecule has 0 bridgehead atoms. The number of carboxylic acids is 1. The molecule has 2 atom stereocenters. The molecule has 8 nitrogen and oxygen atoms in total. The van der Waals surface area contributed by atoms with Gasteiger partial charge in [0.2, 0.25) is 5.91 Å². The lowest BCUT2D eigenvalue weighted by Crippen LogP contribution is -2.41. The van der Waals surface area contributed by atoms with E-state index in [0.29, 0.717) is 17.4 Å². The Bertz CT molecular complexity index is 1680. The van der Waals surface area contributed by atoms with Crippen LogP contribution in [0, 0.1) is 32.5 Å². The molecule has 0 aliphatic carbocycles. The third-order valence-electron chi connectivity index (χ3n) is 8.12. The summed E-state index contributed by atoms with van der Waals surface area (Å²) >= 11 is 0. The summed E-state index contributed by atoms with van der Waals surface area (Å²) in [5, 5.41) is 12.4. The van der Waals surface area contributed by atoms with Gasteiger partial charge < -0.3 is 24.6 Å². The molecule has 1 amide bonds. The van der Waals surface area contributed by atoms with Gasteiger partial charge in [0.1, 0.15) is 17.6 Å². The molecule has 1 aromatic heterocycles. The number of rotatable bonds is 13. The van der Waals surface area contributed by atoms with E-state index in [2.05, 4.69) is 5.32 Å². The minimum absolute atomic E-state index is 0.0415. The van der Waals surface area contributed by atoms with Gasteiger partial charge in [0, 0.05) is 24.4 Å². The lowest BCUT2D eigenvalue weighted by atomic mass is 9.90. The number of hydrogen-bond acceptors (Lipinski definition) is 5. The Kier molecular flexibility index (Phi) is 12.0. The monoisotopic (exact) mass is 661 g/mol. The Hall–Kier alpha value is -4.19. The van der Waals surface area contributed by atoms with Gasteiger partial charge in [-0.2, -0.15) is 13.2 Å². The molecule has 256 valence electrons. The van der Waals surface area contributed by atoms with Crippen LogP contribution in [-0.4, -0.2) is 54.2 Å². The highest BCUT2D eigenvalue weighted by molar-refractivity contribution is 5.82. The number of carbonyl (C=O) groups is 2. The number of ether oxygens (including phenoxy) is 1. The van der Waals surface area contributed by atoms with Gasteiger partial charge in [-0.15, -0.1) is 0 Å². The van der Waals surface area contributed by atoms with Crippen LogP contribution in [0.15, 0.2) is 41.3 Å². The molecule has 1 unspecified atom stereocenters. The Morgan fingerprint density at radius 2 is 1.72 bits per heavy atom. The molecule has 0 saturated heterocycles. The predicted molar refractivity (Wildman–Crippen MR) is 172 cm³/mol. The first-order valence-corrected chi connectivity index (χ1v) is 15.3. The van der Waals surface area contributed by atoms with Gasteiger partial charge in [0.25, 0.3) is 5.56 Å². The largest absolute Gasteiger partial charge is 0.496 e. The first-order chi connectivity index (χ1) is 21.8. The zero-order chi connectivity index (χ0) is 35.4. The Labute approximate surface area is 272 Å². The lowest BCUT2D eigenvalue weighted by molar-refractivity contribution is -0.139. The number of carboxylic acid groups (broad SMARTS) is 1. The molecule has 3 aromatic rings. The van der Waals surface area contributed by atoms with Crippen molar-refractivity contribution in [2.24, 2.45) is 5.92 Å². The van der Waals surface area contributed by atoms with Crippen LogP contribution in [0.5, 0.6) is 5.75 Å². The quantitative estimate of drug-likeness (QED) is 0.200. The van der Waals surface area contributed by atoms with E-state index >= 15 is 4.39 Å². The molecule has 0 spiro atoms. The van der Waals surface area contributed by atoms with Crippen LogP contribution >= 0.6 is 0 Å². The molecule has 0 aliphatic rings. The number of nitrogens with one attached hydrogen (secondary N) is 1. The number of methoxy groups -OCH3 is 1. The summed E-state index contributed by atoms with van der Waals surface area (Å²) in [5.41, 5.74) is 0.857. The molecule has 12 heteroatoms. The van der Waals surface area contributed by atoms with Crippen molar-refractivity contribution in [1.29, 1.82) is 0 Å². The summed E-state index contributed by atoms with van der Waals surface area (Å²) in [7, 11) is 4.93. The number of aliphatic carboxylic acids is 1. The van der Waals surface area contributed by atoms with Gasteiger partial charge >= 0.3 is 12.1 Å². The molecule has 1 heterocycles. The van der Waals surface area contributed by atoms with Gasteiger partial charge in [0.15, 0.2) is 0 Å². The van der Waals surface area contributed by atoms with Crippen LogP contribution in [-0.2, 0) is 22.2 Å². The number of aryl methyl sites for hydroxylation is 2. The molecule has 2 aromatic carbocycles. The number of alkyl halides is 3. The third kappa shape index (κ3) is 9.00. The normalized spacial score (nSPS) is 13.1. The second-order valence-corrected chi connectivity index (χ2v) is 12.6. The van der Waals surface area contributed by atoms with Crippen LogP contribution in [0.2, 0.25) is 0 Å². The fourth-order valence-corrected chi connectivity index (χ4v) is 5.81. The van der Waals surface area contributed by atoms with Crippen LogP contribution < -0.4 is 15.6 Å². The molecule has 2 N–H and O–H groups in total. The minimum Gasteiger partial charge on any atom is -0.496 e. The lowest BCUT2D eigenvalue weighted by Gasteiger charge is -2.27. The number of nitrogens with zero attached hydrogens (tertiary/aromatic N) is 2. The van der Waals surface area contributed by atoms with Crippen LogP contribution in [0.25, 0.3) is 11.1 Å². The molecule has 0 aliphatic heterocycles. The number of aromatic nitrogens is 1.